The van der Waals surface area contributed by atoms with Crippen LogP contribution < -0.4 is 4.90 Å². The third-order valence-corrected chi connectivity index (χ3v) is 9.48. The number of hydrogen-bond acceptors (Lipinski definition) is 7. The summed E-state index contributed by atoms with van der Waals surface area (Å²) in [6.45, 7) is 4.22. The molecule has 0 bridgehead atoms. The first-order valence-electron chi connectivity index (χ1n) is 12.3. The van der Waals surface area contributed by atoms with Crippen molar-refractivity contribution < 1.29 is 17.9 Å². The van der Waals surface area contributed by atoms with Crippen LogP contribution in [0.3, 0.4) is 0 Å². The van der Waals surface area contributed by atoms with E-state index in [9.17, 15) is 13.2 Å². The molecule has 1 fully saturated rings. The van der Waals surface area contributed by atoms with Gasteiger partial charge in [0.2, 0.25) is 10.0 Å². The van der Waals surface area contributed by atoms with Crippen molar-refractivity contribution in [2.75, 3.05) is 52.3 Å². The van der Waals surface area contributed by atoms with Gasteiger partial charge in [-0.1, -0.05) is 22.9 Å². The number of nitrogens with zero attached hydrogens (tertiary/aromatic N) is 4. The second-order valence-corrected chi connectivity index (χ2v) is 13.1. The zero-order valence-electron chi connectivity index (χ0n) is 22.0. The summed E-state index contributed by atoms with van der Waals surface area (Å²) in [5.74, 6) is -0.224. The maximum atomic E-state index is 13.7. The van der Waals surface area contributed by atoms with Gasteiger partial charge >= 0.3 is 0 Å². The molecule has 0 spiro atoms. The molecule has 0 aliphatic carbocycles. The summed E-state index contributed by atoms with van der Waals surface area (Å²) in [5.41, 5.74) is 2.18. The highest BCUT2D eigenvalue weighted by Gasteiger charge is 2.27. The predicted octanol–water partition coefficient (Wildman–Crippen LogP) is 5.08. The van der Waals surface area contributed by atoms with Crippen LogP contribution in [0.4, 0.5) is 5.13 Å². The molecule has 0 radical (unpaired) electrons. The number of amides is 1. The third kappa shape index (κ3) is 7.04. The second kappa shape index (κ2) is 13.0. The zero-order chi connectivity index (χ0) is 26.7. The van der Waals surface area contributed by atoms with Crippen molar-refractivity contribution in [3.63, 3.8) is 0 Å². The third-order valence-electron chi connectivity index (χ3n) is 6.40. The number of anilines is 1. The fourth-order valence-electron chi connectivity index (χ4n) is 4.37. The lowest BCUT2D eigenvalue weighted by atomic mass is 10.2. The number of aromatic nitrogens is 1. The van der Waals surface area contributed by atoms with E-state index >= 15 is 0 Å². The summed E-state index contributed by atoms with van der Waals surface area (Å²) in [4.78, 5) is 22.3. The van der Waals surface area contributed by atoms with E-state index in [1.807, 2.05) is 33.2 Å². The van der Waals surface area contributed by atoms with Gasteiger partial charge in [0, 0.05) is 37.3 Å². The number of fused-ring (bicyclic) bond motifs is 1. The Morgan fingerprint density at radius 3 is 2.50 bits per heavy atom. The lowest BCUT2D eigenvalue weighted by Gasteiger charge is -2.22. The van der Waals surface area contributed by atoms with Crippen molar-refractivity contribution in [1.82, 2.24) is 14.2 Å². The predicted molar refractivity (Wildman–Crippen MR) is 157 cm³/mol. The smallest absolute Gasteiger partial charge is 0.260 e. The monoisotopic (exact) mass is 600 g/mol. The van der Waals surface area contributed by atoms with Gasteiger partial charge in [0.25, 0.3) is 5.91 Å². The number of sulfonamides is 1. The van der Waals surface area contributed by atoms with Crippen molar-refractivity contribution in [1.29, 1.82) is 0 Å². The van der Waals surface area contributed by atoms with Gasteiger partial charge in [-0.3, -0.25) is 9.69 Å². The molecule has 4 rings (SSSR count). The normalized spacial score (nSPS) is 15.8. The van der Waals surface area contributed by atoms with E-state index in [-0.39, 0.29) is 29.3 Å². The molecule has 1 aromatic heterocycles. The Hall–Kier alpha value is -1.79. The fraction of sp³-hybridized carbons (Fsp3) is 0.462. The minimum absolute atomic E-state index is 0. The standard InChI is InChI=1S/C26H33ClN4O4S2.ClH/c1-18-15-20(27)16-23-24(18)28-26(36-23)31(13-6-12-29(2)3)25(32)19-8-10-22(11-9-19)37(33,34)30(4)17-21-7-5-14-35-21;/h8-11,15-16,21H,5-7,12-14,17H2,1-4H3;1H. The largest absolute Gasteiger partial charge is 0.377 e. The van der Waals surface area contributed by atoms with Gasteiger partial charge in [-0.25, -0.2) is 13.4 Å². The minimum Gasteiger partial charge on any atom is -0.377 e. The van der Waals surface area contributed by atoms with Crippen LogP contribution in [0.25, 0.3) is 10.2 Å². The number of benzene rings is 2. The van der Waals surface area contributed by atoms with Crippen molar-refractivity contribution in [3.8, 4) is 0 Å². The number of halogens is 2. The Morgan fingerprint density at radius 1 is 1.16 bits per heavy atom. The first-order chi connectivity index (χ1) is 17.6. The molecule has 1 aliphatic heterocycles. The van der Waals surface area contributed by atoms with Crippen LogP contribution in [0.2, 0.25) is 5.02 Å². The van der Waals surface area contributed by atoms with Gasteiger partial charge in [-0.05, 0) is 88.8 Å². The fourth-order valence-corrected chi connectivity index (χ4v) is 7.01. The molecular formula is C26H34Cl2N4O4S2. The molecule has 1 unspecified atom stereocenters. The van der Waals surface area contributed by atoms with Gasteiger partial charge in [0.15, 0.2) is 5.13 Å². The lowest BCUT2D eigenvalue weighted by Crippen LogP contribution is -2.34. The van der Waals surface area contributed by atoms with E-state index in [1.165, 1.54) is 27.8 Å². The van der Waals surface area contributed by atoms with Crippen molar-refractivity contribution >= 4 is 66.6 Å². The van der Waals surface area contributed by atoms with Crippen molar-refractivity contribution in [2.24, 2.45) is 0 Å². The molecule has 1 amide bonds. The average Bonchev–Trinajstić information content (AvgIpc) is 3.51. The number of carbonyl (C=O) groups is 1. The second-order valence-electron chi connectivity index (χ2n) is 9.62. The van der Waals surface area contributed by atoms with Crippen molar-refractivity contribution in [2.45, 2.75) is 37.2 Å². The number of hydrogen-bond donors (Lipinski definition) is 0. The van der Waals surface area contributed by atoms with Gasteiger partial charge in [-0.2, -0.15) is 4.31 Å². The minimum atomic E-state index is -3.69. The van der Waals surface area contributed by atoms with Crippen LogP contribution >= 0.6 is 35.3 Å². The van der Waals surface area contributed by atoms with Gasteiger partial charge < -0.3 is 9.64 Å². The van der Waals surface area contributed by atoms with Gasteiger partial charge in [0.1, 0.15) is 0 Å². The molecule has 12 heteroatoms. The first kappa shape index (κ1) is 30.7. The molecule has 0 saturated carbocycles. The first-order valence-corrected chi connectivity index (χ1v) is 14.9. The summed E-state index contributed by atoms with van der Waals surface area (Å²) in [6, 6.07) is 9.86. The van der Waals surface area contributed by atoms with Crippen LogP contribution in [-0.2, 0) is 14.8 Å². The Bertz CT molecular complexity index is 1360. The van der Waals surface area contributed by atoms with Crippen LogP contribution in [0, 0.1) is 6.92 Å². The van der Waals surface area contributed by atoms with Crippen LogP contribution in [0.5, 0.6) is 0 Å². The van der Waals surface area contributed by atoms with Gasteiger partial charge in [-0.15, -0.1) is 12.4 Å². The molecule has 3 aromatic rings. The number of carbonyl (C=O) groups excluding carboxylic acids is 1. The molecule has 1 aliphatic rings. The maximum absolute atomic E-state index is 13.7. The summed E-state index contributed by atoms with van der Waals surface area (Å²) < 4.78 is 34.0. The van der Waals surface area contributed by atoms with Crippen LogP contribution in [-0.4, -0.2) is 82.0 Å². The topological polar surface area (TPSA) is 83.1 Å². The summed E-state index contributed by atoms with van der Waals surface area (Å²) in [6.07, 6.45) is 2.48. The molecule has 0 N–H and O–H groups in total. The number of aryl methyl sites for hydroxylation is 1. The Balaban J connectivity index is 0.00000400. The van der Waals surface area contributed by atoms with Crippen LogP contribution in [0.1, 0.15) is 35.2 Å². The zero-order valence-corrected chi connectivity index (χ0v) is 25.2. The molecule has 1 saturated heterocycles. The highest BCUT2D eigenvalue weighted by atomic mass is 35.5. The van der Waals surface area contributed by atoms with E-state index in [0.717, 1.165) is 41.6 Å². The highest BCUT2D eigenvalue weighted by Crippen LogP contribution is 2.34. The number of thiazole rings is 1. The number of ether oxygens (including phenoxy) is 1. The average molecular weight is 602 g/mol. The molecule has 1 atom stereocenters. The molecule has 38 heavy (non-hydrogen) atoms. The van der Waals surface area contributed by atoms with E-state index in [4.69, 9.17) is 21.3 Å². The summed E-state index contributed by atoms with van der Waals surface area (Å²) in [7, 11) is 1.85. The van der Waals surface area contributed by atoms with E-state index in [0.29, 0.717) is 35.4 Å². The Morgan fingerprint density at radius 2 is 1.87 bits per heavy atom. The lowest BCUT2D eigenvalue weighted by molar-refractivity contribution is 0.0978. The van der Waals surface area contributed by atoms with Crippen molar-refractivity contribution in [3.05, 3.63) is 52.5 Å². The highest BCUT2D eigenvalue weighted by molar-refractivity contribution is 7.89. The SMILES string of the molecule is Cc1cc(Cl)cc2sc(N(CCCN(C)C)C(=O)c3ccc(S(=O)(=O)N(C)CC4CCCO4)cc3)nc12.Cl. The molecule has 8 nitrogen and oxygen atoms in total. The molecular weight excluding hydrogens is 567 g/mol. The van der Waals surface area contributed by atoms with E-state index in [1.54, 1.807) is 24.1 Å². The quantitative estimate of drug-likeness (QED) is 0.323. The number of likely N-dealkylation sites (N-methyl/N-ethyl adjacent to an activating group) is 1. The summed E-state index contributed by atoms with van der Waals surface area (Å²) >= 11 is 7.67. The number of rotatable bonds is 10. The van der Waals surface area contributed by atoms with Gasteiger partial charge in [0.05, 0.1) is 21.2 Å². The molecule has 2 aromatic carbocycles. The van der Waals surface area contributed by atoms with E-state index in [2.05, 4.69) is 4.90 Å². The van der Waals surface area contributed by atoms with Crippen LogP contribution in [0.15, 0.2) is 41.3 Å². The maximum Gasteiger partial charge on any atom is 0.260 e. The molecule has 2 heterocycles. The Kier molecular flexibility index (Phi) is 10.6. The summed E-state index contributed by atoms with van der Waals surface area (Å²) in [5, 5.41) is 1.23. The Labute approximate surface area is 240 Å². The van der Waals surface area contributed by atoms with E-state index < -0.39 is 10.0 Å². The molecule has 208 valence electrons.